The van der Waals surface area contributed by atoms with E-state index in [4.69, 9.17) is 0 Å². The van der Waals surface area contributed by atoms with Gasteiger partial charge in [0.05, 0.1) is 4.92 Å². The Morgan fingerprint density at radius 1 is 1.50 bits per heavy atom. The summed E-state index contributed by atoms with van der Waals surface area (Å²) in [4.78, 5) is 10.4. The molecule has 2 rings (SSSR count). The van der Waals surface area contributed by atoms with E-state index in [1.54, 1.807) is 18.2 Å². The van der Waals surface area contributed by atoms with Gasteiger partial charge >= 0.3 is 0 Å². The molecule has 1 aromatic rings. The first-order chi connectivity index (χ1) is 8.70. The number of rotatable bonds is 6. The van der Waals surface area contributed by atoms with Crippen LogP contribution in [-0.2, 0) is 0 Å². The molecule has 4 nitrogen and oxygen atoms in total. The normalized spacial score (nSPS) is 17.2. The number of nitrogens with zero attached hydrogens (tertiary/aromatic N) is 1. The van der Waals surface area contributed by atoms with E-state index in [2.05, 4.69) is 12.2 Å². The van der Waals surface area contributed by atoms with Gasteiger partial charge in [-0.3, -0.25) is 10.1 Å². The summed E-state index contributed by atoms with van der Waals surface area (Å²) in [5.41, 5.74) is 1.20. The van der Waals surface area contributed by atoms with Crippen LogP contribution in [0.2, 0.25) is 0 Å². The van der Waals surface area contributed by atoms with Crippen LogP contribution in [0.3, 0.4) is 0 Å². The van der Waals surface area contributed by atoms with E-state index in [0.29, 0.717) is 0 Å². The molecule has 1 unspecified atom stereocenters. The highest BCUT2D eigenvalue weighted by atomic mass is 16.6. The van der Waals surface area contributed by atoms with Crippen LogP contribution in [-0.4, -0.2) is 11.5 Å². The minimum Gasteiger partial charge on any atom is -0.310 e. The molecule has 1 saturated carbocycles. The summed E-state index contributed by atoms with van der Waals surface area (Å²) in [5.74, 6) is 0.803. The van der Waals surface area contributed by atoms with Gasteiger partial charge in [0.15, 0.2) is 0 Å². The average molecular weight is 248 g/mol. The molecule has 1 aliphatic rings. The smallest absolute Gasteiger partial charge is 0.269 e. The van der Waals surface area contributed by atoms with Crippen molar-refractivity contribution < 1.29 is 4.92 Å². The molecule has 0 radical (unpaired) electrons. The highest BCUT2D eigenvalue weighted by Crippen LogP contribution is 2.27. The van der Waals surface area contributed by atoms with Crippen molar-refractivity contribution in [3.63, 3.8) is 0 Å². The van der Waals surface area contributed by atoms with Crippen LogP contribution < -0.4 is 5.32 Å². The number of nitro benzene ring substituents is 1. The lowest BCUT2D eigenvalue weighted by Gasteiger charge is -2.28. The number of hydrogen-bond acceptors (Lipinski definition) is 3. The molecular weight excluding hydrogens is 228 g/mol. The maximum absolute atomic E-state index is 10.8. The molecule has 0 aliphatic heterocycles. The molecule has 18 heavy (non-hydrogen) atoms. The predicted molar refractivity (Wildman–Crippen MR) is 71.5 cm³/mol. The second-order valence-electron chi connectivity index (χ2n) is 5.02. The summed E-state index contributed by atoms with van der Waals surface area (Å²) in [6.45, 7) is 3.14. The van der Waals surface area contributed by atoms with E-state index >= 15 is 0 Å². The highest BCUT2D eigenvalue weighted by molar-refractivity contribution is 5.35. The molecule has 0 bridgehead atoms. The van der Waals surface area contributed by atoms with E-state index in [9.17, 15) is 10.1 Å². The van der Waals surface area contributed by atoms with Gasteiger partial charge in [0, 0.05) is 18.2 Å². The number of non-ortho nitro benzene ring substituents is 1. The van der Waals surface area contributed by atoms with Crippen molar-refractivity contribution in [2.24, 2.45) is 5.92 Å². The fourth-order valence-corrected chi connectivity index (χ4v) is 2.36. The van der Waals surface area contributed by atoms with Crippen LogP contribution in [0.15, 0.2) is 24.3 Å². The highest BCUT2D eigenvalue weighted by Gasteiger charge is 2.19. The molecule has 0 saturated heterocycles. The fraction of sp³-hybridized carbons (Fsp3) is 0.571. The molecular formula is C14H20N2O2. The Morgan fingerprint density at radius 2 is 2.28 bits per heavy atom. The molecule has 1 atom stereocenters. The van der Waals surface area contributed by atoms with E-state index < -0.39 is 0 Å². The van der Waals surface area contributed by atoms with Gasteiger partial charge < -0.3 is 5.32 Å². The van der Waals surface area contributed by atoms with E-state index in [0.717, 1.165) is 24.4 Å². The molecule has 0 spiro atoms. The number of nitro groups is 1. The SMILES string of the molecule is CCC(NCC1CCC1)c1cccc([N+](=O)[O-])c1. The minimum atomic E-state index is -0.331. The molecule has 98 valence electrons. The summed E-state index contributed by atoms with van der Waals surface area (Å²) in [7, 11) is 0. The molecule has 1 fully saturated rings. The van der Waals surface area contributed by atoms with Gasteiger partial charge in [-0.05, 0) is 37.3 Å². The van der Waals surface area contributed by atoms with E-state index in [1.807, 2.05) is 6.07 Å². The van der Waals surface area contributed by atoms with Crippen molar-refractivity contribution in [2.45, 2.75) is 38.6 Å². The summed E-state index contributed by atoms with van der Waals surface area (Å²) in [5, 5.41) is 14.3. The average Bonchev–Trinajstić information content (AvgIpc) is 2.32. The van der Waals surface area contributed by atoms with Gasteiger partial charge in [-0.1, -0.05) is 25.5 Å². The summed E-state index contributed by atoms with van der Waals surface area (Å²) < 4.78 is 0. The van der Waals surface area contributed by atoms with Gasteiger partial charge in [-0.2, -0.15) is 0 Å². The van der Waals surface area contributed by atoms with Gasteiger partial charge in [-0.25, -0.2) is 0 Å². The second-order valence-corrected chi connectivity index (χ2v) is 5.02. The Morgan fingerprint density at radius 3 is 2.83 bits per heavy atom. The monoisotopic (exact) mass is 248 g/mol. The first kappa shape index (κ1) is 13.0. The van der Waals surface area contributed by atoms with Crippen LogP contribution in [0.4, 0.5) is 5.69 Å². The largest absolute Gasteiger partial charge is 0.310 e. The van der Waals surface area contributed by atoms with Crippen molar-refractivity contribution in [3.05, 3.63) is 39.9 Å². The van der Waals surface area contributed by atoms with Gasteiger partial charge in [0.25, 0.3) is 5.69 Å². The Labute approximate surface area is 108 Å². The number of hydrogen-bond donors (Lipinski definition) is 1. The first-order valence-electron chi connectivity index (χ1n) is 6.68. The van der Waals surface area contributed by atoms with E-state index in [-0.39, 0.29) is 16.7 Å². The lowest BCUT2D eigenvalue weighted by atomic mass is 9.85. The molecule has 0 heterocycles. The summed E-state index contributed by atoms with van der Waals surface area (Å²) in [6, 6.07) is 7.19. The Bertz CT molecular complexity index is 416. The molecule has 4 heteroatoms. The van der Waals surface area contributed by atoms with Crippen molar-refractivity contribution >= 4 is 5.69 Å². The Balaban J connectivity index is 2.01. The first-order valence-corrected chi connectivity index (χ1v) is 6.68. The lowest BCUT2D eigenvalue weighted by Crippen LogP contribution is -2.30. The lowest BCUT2D eigenvalue weighted by molar-refractivity contribution is -0.384. The zero-order chi connectivity index (χ0) is 13.0. The predicted octanol–water partition coefficient (Wildman–Crippen LogP) is 3.44. The van der Waals surface area contributed by atoms with Crippen LogP contribution in [0.5, 0.6) is 0 Å². The van der Waals surface area contributed by atoms with Gasteiger partial charge in [0.1, 0.15) is 0 Å². The standard InChI is InChI=1S/C14H20N2O2/c1-2-14(15-10-11-5-3-6-11)12-7-4-8-13(9-12)16(17)18/h4,7-9,11,14-15H,2-3,5-6,10H2,1H3. The maximum atomic E-state index is 10.8. The second kappa shape index (κ2) is 5.96. The quantitative estimate of drug-likeness (QED) is 0.619. The van der Waals surface area contributed by atoms with Gasteiger partial charge in [0.2, 0.25) is 0 Å². The zero-order valence-electron chi connectivity index (χ0n) is 10.8. The summed E-state index contributed by atoms with van der Waals surface area (Å²) in [6.07, 6.45) is 4.94. The van der Waals surface area contributed by atoms with Crippen molar-refractivity contribution in [2.75, 3.05) is 6.54 Å². The van der Waals surface area contributed by atoms with Crippen LogP contribution in [0.1, 0.15) is 44.2 Å². The molecule has 1 aromatic carbocycles. The molecule has 1 N–H and O–H groups in total. The Hall–Kier alpha value is -1.42. The third-order valence-electron chi connectivity index (χ3n) is 3.77. The van der Waals surface area contributed by atoms with Gasteiger partial charge in [-0.15, -0.1) is 0 Å². The molecule has 1 aliphatic carbocycles. The minimum absolute atomic E-state index is 0.177. The number of benzene rings is 1. The van der Waals surface area contributed by atoms with Crippen LogP contribution in [0, 0.1) is 16.0 Å². The van der Waals surface area contributed by atoms with Crippen LogP contribution in [0.25, 0.3) is 0 Å². The van der Waals surface area contributed by atoms with Crippen molar-refractivity contribution in [3.8, 4) is 0 Å². The third-order valence-corrected chi connectivity index (χ3v) is 3.77. The Kier molecular flexibility index (Phi) is 4.31. The fourth-order valence-electron chi connectivity index (χ4n) is 2.36. The maximum Gasteiger partial charge on any atom is 0.269 e. The molecule has 0 amide bonds. The van der Waals surface area contributed by atoms with E-state index in [1.165, 1.54) is 19.3 Å². The van der Waals surface area contributed by atoms with Crippen molar-refractivity contribution in [1.29, 1.82) is 0 Å². The van der Waals surface area contributed by atoms with Crippen LogP contribution >= 0.6 is 0 Å². The molecule has 0 aromatic heterocycles. The van der Waals surface area contributed by atoms with Crippen molar-refractivity contribution in [1.82, 2.24) is 5.32 Å². The topological polar surface area (TPSA) is 55.2 Å². The summed E-state index contributed by atoms with van der Waals surface area (Å²) >= 11 is 0. The zero-order valence-corrected chi connectivity index (χ0v) is 10.8. The number of nitrogens with one attached hydrogen (secondary N) is 1. The third kappa shape index (κ3) is 3.07.